The minimum absolute atomic E-state index is 0.220. The number of amides is 1. The molecule has 6 heteroatoms. The third kappa shape index (κ3) is 4.00. The van der Waals surface area contributed by atoms with E-state index in [1.54, 1.807) is 14.0 Å². The Morgan fingerprint density at radius 3 is 2.52 bits per heavy atom. The largest absolute Gasteiger partial charge is 0.501 e. The molecular weight excluding hydrogens is 274 g/mol. The molecule has 0 aliphatic heterocycles. The fraction of sp³-hybridized carbons (Fsp3) is 0.600. The zero-order valence-corrected chi connectivity index (χ0v) is 12.4. The third-order valence-electron chi connectivity index (χ3n) is 3.61. The van der Waals surface area contributed by atoms with Crippen molar-refractivity contribution in [1.82, 2.24) is 5.32 Å². The number of carbonyl (C=O) groups excluding carboxylic acids is 2. The monoisotopic (exact) mass is 295 g/mol. The Labute approximate surface area is 124 Å². The second-order valence-electron chi connectivity index (χ2n) is 5.17. The number of hydrogen-bond donors (Lipinski definition) is 1. The van der Waals surface area contributed by atoms with Crippen LogP contribution in [0.15, 0.2) is 23.5 Å². The van der Waals surface area contributed by atoms with Gasteiger partial charge in [-0.15, -0.1) is 0 Å². The quantitative estimate of drug-likeness (QED) is 0.759. The lowest BCUT2D eigenvalue weighted by Crippen LogP contribution is -2.44. The standard InChI is InChI=1S/C15H21NO5/c1-3-20-13(17)15(8-9-15)16-14(18)21-10-11-4-6-12(19-2)7-5-11/h4,6H,3,5,7-10H2,1-2H3,(H,16,18). The summed E-state index contributed by atoms with van der Waals surface area (Å²) in [7, 11) is 1.64. The third-order valence-corrected chi connectivity index (χ3v) is 3.61. The van der Waals surface area contributed by atoms with Gasteiger partial charge in [0.05, 0.1) is 19.5 Å². The highest BCUT2D eigenvalue weighted by atomic mass is 16.6. The Hall–Kier alpha value is -1.98. The van der Waals surface area contributed by atoms with Gasteiger partial charge in [0.1, 0.15) is 12.1 Å². The molecule has 21 heavy (non-hydrogen) atoms. The fourth-order valence-electron chi connectivity index (χ4n) is 2.12. The zero-order chi connectivity index (χ0) is 15.3. The maximum absolute atomic E-state index is 11.8. The van der Waals surface area contributed by atoms with E-state index < -0.39 is 11.6 Å². The van der Waals surface area contributed by atoms with Gasteiger partial charge >= 0.3 is 12.1 Å². The summed E-state index contributed by atoms with van der Waals surface area (Å²) in [5, 5.41) is 2.61. The number of allylic oxidation sites excluding steroid dienone is 3. The second kappa shape index (κ2) is 6.65. The number of esters is 1. The maximum Gasteiger partial charge on any atom is 0.408 e. The molecule has 116 valence electrons. The second-order valence-corrected chi connectivity index (χ2v) is 5.17. The van der Waals surface area contributed by atoms with Gasteiger partial charge in [0.25, 0.3) is 0 Å². The van der Waals surface area contributed by atoms with E-state index in [4.69, 9.17) is 14.2 Å². The van der Waals surface area contributed by atoms with E-state index in [-0.39, 0.29) is 12.6 Å². The van der Waals surface area contributed by atoms with Crippen LogP contribution in [0.3, 0.4) is 0 Å². The van der Waals surface area contributed by atoms with Crippen molar-refractivity contribution in [2.75, 3.05) is 20.3 Å². The van der Waals surface area contributed by atoms with E-state index >= 15 is 0 Å². The molecule has 1 fully saturated rings. The summed E-state index contributed by atoms with van der Waals surface area (Å²) in [6, 6.07) is 0. The molecule has 1 amide bonds. The van der Waals surface area contributed by atoms with Crippen molar-refractivity contribution in [3.63, 3.8) is 0 Å². The van der Waals surface area contributed by atoms with Crippen LogP contribution in [-0.2, 0) is 19.0 Å². The predicted octanol–water partition coefficient (Wildman–Crippen LogP) is 2.06. The summed E-state index contributed by atoms with van der Waals surface area (Å²) in [4.78, 5) is 23.5. The van der Waals surface area contributed by atoms with E-state index in [9.17, 15) is 9.59 Å². The first-order chi connectivity index (χ1) is 10.1. The molecule has 0 radical (unpaired) electrons. The highest BCUT2D eigenvalue weighted by molar-refractivity contribution is 5.88. The SMILES string of the molecule is CCOC(=O)C1(NC(=O)OCC2=CC=C(OC)CC2)CC1. The van der Waals surface area contributed by atoms with Crippen LogP contribution in [0.5, 0.6) is 0 Å². The van der Waals surface area contributed by atoms with E-state index in [1.165, 1.54) is 0 Å². The molecule has 0 spiro atoms. The summed E-state index contributed by atoms with van der Waals surface area (Å²) in [5.74, 6) is 0.536. The maximum atomic E-state index is 11.8. The van der Waals surface area contributed by atoms with Crippen LogP contribution in [0.4, 0.5) is 4.79 Å². The average molecular weight is 295 g/mol. The number of nitrogens with one attached hydrogen (secondary N) is 1. The van der Waals surface area contributed by atoms with Crippen LogP contribution in [0, 0.1) is 0 Å². The molecule has 0 atom stereocenters. The lowest BCUT2D eigenvalue weighted by atomic mass is 10.0. The Bertz CT molecular complexity index is 476. The lowest BCUT2D eigenvalue weighted by molar-refractivity contribution is -0.146. The van der Waals surface area contributed by atoms with Crippen LogP contribution in [0.1, 0.15) is 32.6 Å². The molecule has 2 rings (SSSR count). The van der Waals surface area contributed by atoms with Gasteiger partial charge in [0, 0.05) is 6.42 Å². The molecule has 0 heterocycles. The van der Waals surface area contributed by atoms with Crippen LogP contribution in [0.2, 0.25) is 0 Å². The topological polar surface area (TPSA) is 73.9 Å². The average Bonchev–Trinajstić information content (AvgIpc) is 3.27. The molecule has 0 saturated heterocycles. The Balaban J connectivity index is 1.77. The summed E-state index contributed by atoms with van der Waals surface area (Å²) in [6.45, 7) is 2.26. The minimum Gasteiger partial charge on any atom is -0.501 e. The van der Waals surface area contributed by atoms with Crippen LogP contribution in [0.25, 0.3) is 0 Å². The van der Waals surface area contributed by atoms with Crippen molar-refractivity contribution in [2.45, 2.75) is 38.1 Å². The molecule has 1 N–H and O–H groups in total. The number of ether oxygens (including phenoxy) is 3. The summed E-state index contributed by atoms with van der Waals surface area (Å²) >= 11 is 0. The minimum atomic E-state index is -0.864. The summed E-state index contributed by atoms with van der Waals surface area (Å²) in [5.41, 5.74) is 0.156. The number of alkyl carbamates (subject to hydrolysis) is 1. The van der Waals surface area contributed by atoms with Gasteiger partial charge in [-0.05, 0) is 37.8 Å². The number of methoxy groups -OCH3 is 1. The number of carbonyl (C=O) groups is 2. The van der Waals surface area contributed by atoms with Crippen molar-refractivity contribution in [3.8, 4) is 0 Å². The fourth-order valence-corrected chi connectivity index (χ4v) is 2.12. The first-order valence-corrected chi connectivity index (χ1v) is 7.14. The first kappa shape index (κ1) is 15.4. The molecule has 0 aromatic carbocycles. The highest BCUT2D eigenvalue weighted by Crippen LogP contribution is 2.36. The van der Waals surface area contributed by atoms with Gasteiger partial charge in [-0.25, -0.2) is 9.59 Å². The highest BCUT2D eigenvalue weighted by Gasteiger charge is 2.53. The Kier molecular flexibility index (Phi) is 4.88. The van der Waals surface area contributed by atoms with Gasteiger partial charge in [-0.2, -0.15) is 0 Å². The molecular formula is C15H21NO5. The molecule has 0 aromatic heterocycles. The van der Waals surface area contributed by atoms with Gasteiger partial charge in [0.15, 0.2) is 0 Å². The van der Waals surface area contributed by atoms with Gasteiger partial charge < -0.3 is 19.5 Å². The van der Waals surface area contributed by atoms with Crippen LogP contribution >= 0.6 is 0 Å². The molecule has 6 nitrogen and oxygen atoms in total. The molecule has 1 saturated carbocycles. The first-order valence-electron chi connectivity index (χ1n) is 7.14. The molecule has 2 aliphatic rings. The van der Waals surface area contributed by atoms with E-state index in [2.05, 4.69) is 5.32 Å². The van der Waals surface area contributed by atoms with Crippen LogP contribution < -0.4 is 5.32 Å². The normalized spacial score (nSPS) is 19.0. The lowest BCUT2D eigenvalue weighted by Gasteiger charge is -2.17. The van der Waals surface area contributed by atoms with Crippen molar-refractivity contribution in [3.05, 3.63) is 23.5 Å². The smallest absolute Gasteiger partial charge is 0.408 e. The van der Waals surface area contributed by atoms with Crippen molar-refractivity contribution < 1.29 is 23.8 Å². The van der Waals surface area contributed by atoms with Crippen molar-refractivity contribution >= 4 is 12.1 Å². The Morgan fingerprint density at radius 2 is 2.00 bits per heavy atom. The Morgan fingerprint density at radius 1 is 1.24 bits per heavy atom. The molecule has 0 aromatic rings. The van der Waals surface area contributed by atoms with E-state index in [0.717, 1.165) is 24.2 Å². The van der Waals surface area contributed by atoms with Crippen molar-refractivity contribution in [1.29, 1.82) is 0 Å². The number of rotatable bonds is 6. The van der Waals surface area contributed by atoms with E-state index in [0.29, 0.717) is 19.4 Å². The van der Waals surface area contributed by atoms with Gasteiger partial charge in [-0.3, -0.25) is 0 Å². The van der Waals surface area contributed by atoms with Crippen LogP contribution in [-0.4, -0.2) is 37.9 Å². The molecule has 0 bridgehead atoms. The van der Waals surface area contributed by atoms with Crippen molar-refractivity contribution in [2.24, 2.45) is 0 Å². The molecule has 0 unspecified atom stereocenters. The van der Waals surface area contributed by atoms with Gasteiger partial charge in [0.2, 0.25) is 0 Å². The van der Waals surface area contributed by atoms with E-state index in [1.807, 2.05) is 12.2 Å². The molecule has 2 aliphatic carbocycles. The van der Waals surface area contributed by atoms with Gasteiger partial charge in [-0.1, -0.05) is 6.08 Å². The summed E-state index contributed by atoms with van der Waals surface area (Å²) < 4.78 is 15.2. The zero-order valence-electron chi connectivity index (χ0n) is 12.4. The predicted molar refractivity (Wildman–Crippen MR) is 75.5 cm³/mol. The number of hydrogen-bond acceptors (Lipinski definition) is 5. The summed E-state index contributed by atoms with van der Waals surface area (Å²) in [6.07, 6.45) is 6.00.